The number of hydrogen-bond acceptors (Lipinski definition) is 5. The highest BCUT2D eigenvalue weighted by molar-refractivity contribution is 9.10. The summed E-state index contributed by atoms with van der Waals surface area (Å²) in [6, 6.07) is 18.6. The second-order valence-electron chi connectivity index (χ2n) is 8.57. The number of nitrogens with two attached hydrogens (primary N) is 1. The molecule has 9 heteroatoms. The number of benzene rings is 3. The molecular formula is C28H24BrClN2O5. The van der Waals surface area contributed by atoms with E-state index in [1.165, 1.54) is 0 Å². The number of carbonyl (C=O) groups is 1. The number of nitrogens with zero attached hydrogens (tertiary/aromatic N) is 1. The molecule has 2 heterocycles. The minimum atomic E-state index is -0.969. The number of aromatic nitrogens is 1. The molecule has 5 rings (SSSR count). The van der Waals surface area contributed by atoms with Gasteiger partial charge in [-0.1, -0.05) is 51.8 Å². The van der Waals surface area contributed by atoms with Crippen LogP contribution in [0, 0.1) is 0 Å². The number of carboxylic acid groups (broad SMARTS) is 1. The first-order valence-corrected chi connectivity index (χ1v) is 12.8. The van der Waals surface area contributed by atoms with E-state index in [0.717, 1.165) is 26.5 Å². The lowest BCUT2D eigenvalue weighted by molar-refractivity contribution is 0.0555. The van der Waals surface area contributed by atoms with Gasteiger partial charge in [0.1, 0.15) is 12.0 Å². The number of rotatable bonds is 9. The van der Waals surface area contributed by atoms with Gasteiger partial charge >= 0.3 is 5.97 Å². The Morgan fingerprint density at radius 2 is 2.00 bits per heavy atom. The van der Waals surface area contributed by atoms with Gasteiger partial charge in [0, 0.05) is 38.7 Å². The summed E-state index contributed by atoms with van der Waals surface area (Å²) in [4.78, 5) is 11.8. The van der Waals surface area contributed by atoms with Crippen molar-refractivity contribution < 1.29 is 24.1 Å². The third-order valence-corrected chi connectivity index (χ3v) is 7.02. The van der Waals surface area contributed by atoms with Crippen LogP contribution in [-0.4, -0.2) is 29.0 Å². The quantitative estimate of drug-likeness (QED) is 0.241. The van der Waals surface area contributed by atoms with Crippen molar-refractivity contribution in [2.24, 2.45) is 5.73 Å². The predicted octanol–water partition coefficient (Wildman–Crippen LogP) is 6.27. The van der Waals surface area contributed by atoms with E-state index < -0.39 is 12.1 Å². The molecule has 190 valence electrons. The molecular weight excluding hydrogens is 560 g/mol. The molecule has 1 unspecified atom stereocenters. The van der Waals surface area contributed by atoms with Gasteiger partial charge in [-0.3, -0.25) is 0 Å². The molecule has 0 spiro atoms. The van der Waals surface area contributed by atoms with Crippen molar-refractivity contribution in [1.29, 1.82) is 0 Å². The van der Waals surface area contributed by atoms with E-state index in [4.69, 9.17) is 31.5 Å². The topological polar surface area (TPSA) is 95.9 Å². The molecule has 0 radical (unpaired) electrons. The zero-order valence-electron chi connectivity index (χ0n) is 19.7. The van der Waals surface area contributed by atoms with Crippen LogP contribution in [0.1, 0.15) is 33.2 Å². The maximum absolute atomic E-state index is 11.8. The molecule has 3 N–H and O–H groups in total. The van der Waals surface area contributed by atoms with Crippen LogP contribution in [0.15, 0.2) is 83.4 Å². The van der Waals surface area contributed by atoms with Crippen molar-refractivity contribution in [3.63, 3.8) is 0 Å². The van der Waals surface area contributed by atoms with E-state index in [1.54, 1.807) is 18.4 Å². The predicted molar refractivity (Wildman–Crippen MR) is 145 cm³/mol. The maximum Gasteiger partial charge on any atom is 0.336 e. The Kier molecular flexibility index (Phi) is 7.41. The molecule has 3 aromatic carbocycles. The fourth-order valence-corrected chi connectivity index (χ4v) is 5.06. The van der Waals surface area contributed by atoms with E-state index in [9.17, 15) is 9.90 Å². The lowest BCUT2D eigenvalue weighted by atomic mass is 10.1. The van der Waals surface area contributed by atoms with Gasteiger partial charge < -0.3 is 29.6 Å². The van der Waals surface area contributed by atoms with E-state index >= 15 is 0 Å². The van der Waals surface area contributed by atoms with E-state index in [2.05, 4.69) is 15.9 Å². The van der Waals surface area contributed by atoms with E-state index in [-0.39, 0.29) is 12.4 Å². The molecule has 0 saturated heterocycles. The average Bonchev–Trinajstić information content (AvgIpc) is 3.53. The minimum absolute atomic E-state index is 0.122. The van der Waals surface area contributed by atoms with Crippen molar-refractivity contribution >= 4 is 44.4 Å². The van der Waals surface area contributed by atoms with Crippen LogP contribution in [0.25, 0.3) is 10.9 Å². The van der Waals surface area contributed by atoms with Crippen molar-refractivity contribution in [2.45, 2.75) is 19.1 Å². The van der Waals surface area contributed by atoms with Crippen LogP contribution >= 0.6 is 27.5 Å². The van der Waals surface area contributed by atoms with Crippen molar-refractivity contribution in [2.75, 3.05) is 13.3 Å². The number of hydrogen-bond donors (Lipinski definition) is 2. The van der Waals surface area contributed by atoms with Crippen LogP contribution in [0.2, 0.25) is 5.02 Å². The van der Waals surface area contributed by atoms with Gasteiger partial charge in [-0.25, -0.2) is 4.79 Å². The monoisotopic (exact) mass is 582 g/mol. The molecule has 1 aliphatic rings. The standard InChI is InChI=1S/C28H24BrClN2O5/c29-19-6-5-17(23(11-19)28(33)34)13-32-14-18(9-10-31)22-12-20(7-8-25(22)32)37-27(26-15-35-16-36-26)21-3-1-2-4-24(21)30/h1-8,11-12,14-15,27H,9-10,13,16,31H2,(H,33,34). The SMILES string of the molecule is NCCc1cn(Cc2ccc(Br)cc2C(=O)O)c2ccc(OC(C3=COCO3)c3ccccc3Cl)cc12. The Morgan fingerprint density at radius 1 is 1.16 bits per heavy atom. The highest BCUT2D eigenvalue weighted by Gasteiger charge is 2.26. The van der Waals surface area contributed by atoms with Crippen LogP contribution in [0.4, 0.5) is 0 Å². The molecule has 37 heavy (non-hydrogen) atoms. The smallest absolute Gasteiger partial charge is 0.336 e. The number of carboxylic acids is 1. The summed E-state index contributed by atoms with van der Waals surface area (Å²) in [6.45, 7) is 0.996. The largest absolute Gasteiger partial charge is 0.478 e. The number of halogens is 2. The zero-order chi connectivity index (χ0) is 25.9. The molecule has 0 saturated carbocycles. The fraction of sp³-hybridized carbons (Fsp3) is 0.179. The van der Waals surface area contributed by atoms with Gasteiger partial charge in [-0.15, -0.1) is 0 Å². The summed E-state index contributed by atoms with van der Waals surface area (Å²) in [5, 5.41) is 11.2. The van der Waals surface area contributed by atoms with Crippen LogP contribution in [0.3, 0.4) is 0 Å². The summed E-state index contributed by atoms with van der Waals surface area (Å²) < 4.78 is 20.1. The fourth-order valence-electron chi connectivity index (χ4n) is 4.47. The second kappa shape index (κ2) is 10.9. The number of ether oxygens (including phenoxy) is 3. The number of fused-ring (bicyclic) bond motifs is 1. The van der Waals surface area contributed by atoms with E-state index in [0.29, 0.717) is 41.6 Å². The van der Waals surface area contributed by atoms with Gasteiger partial charge in [0.25, 0.3) is 0 Å². The highest BCUT2D eigenvalue weighted by Crippen LogP contribution is 2.36. The molecule has 1 aliphatic heterocycles. The van der Waals surface area contributed by atoms with Crippen molar-refractivity contribution in [3.05, 3.63) is 111 Å². The zero-order valence-corrected chi connectivity index (χ0v) is 22.0. The summed E-state index contributed by atoms with van der Waals surface area (Å²) in [6.07, 6.45) is 3.64. The Hall–Kier alpha value is -3.46. The lowest BCUT2D eigenvalue weighted by Crippen LogP contribution is -2.12. The van der Waals surface area contributed by atoms with Gasteiger partial charge in [0.05, 0.1) is 5.56 Å². The van der Waals surface area contributed by atoms with Crippen molar-refractivity contribution in [3.8, 4) is 5.75 Å². The molecule has 1 aromatic heterocycles. The van der Waals surface area contributed by atoms with Gasteiger partial charge in [0.15, 0.2) is 11.9 Å². The molecule has 0 bridgehead atoms. The van der Waals surface area contributed by atoms with E-state index in [1.807, 2.05) is 59.3 Å². The van der Waals surface area contributed by atoms with Gasteiger partial charge in [-0.2, -0.15) is 0 Å². The maximum atomic E-state index is 11.8. The van der Waals surface area contributed by atoms with Crippen LogP contribution in [0.5, 0.6) is 5.75 Å². The molecule has 0 fully saturated rings. The lowest BCUT2D eigenvalue weighted by Gasteiger charge is -2.20. The second-order valence-corrected chi connectivity index (χ2v) is 9.90. The van der Waals surface area contributed by atoms with Crippen LogP contribution < -0.4 is 10.5 Å². The molecule has 1 atom stereocenters. The summed E-state index contributed by atoms with van der Waals surface area (Å²) >= 11 is 9.85. The molecule has 4 aromatic rings. The van der Waals surface area contributed by atoms with Crippen molar-refractivity contribution in [1.82, 2.24) is 4.57 Å². The first kappa shape index (κ1) is 25.2. The molecule has 0 aliphatic carbocycles. The Labute approximate surface area is 227 Å². The third-order valence-electron chi connectivity index (χ3n) is 6.18. The first-order valence-electron chi connectivity index (χ1n) is 11.6. The summed E-state index contributed by atoms with van der Waals surface area (Å²) in [5.74, 6) is 0.188. The number of aromatic carboxylic acids is 1. The summed E-state index contributed by atoms with van der Waals surface area (Å²) in [5.41, 5.74) is 9.63. The third kappa shape index (κ3) is 5.32. The Bertz CT molecular complexity index is 1500. The van der Waals surface area contributed by atoms with Gasteiger partial charge in [0.2, 0.25) is 6.79 Å². The Morgan fingerprint density at radius 3 is 2.73 bits per heavy atom. The minimum Gasteiger partial charge on any atom is -0.478 e. The average molecular weight is 584 g/mol. The first-order chi connectivity index (χ1) is 17.9. The normalized spacial score (nSPS) is 13.6. The Balaban J connectivity index is 1.52. The van der Waals surface area contributed by atoms with Gasteiger partial charge in [-0.05, 0) is 60.5 Å². The summed E-state index contributed by atoms with van der Waals surface area (Å²) in [7, 11) is 0. The highest BCUT2D eigenvalue weighted by atomic mass is 79.9. The molecule has 0 amide bonds. The molecule has 7 nitrogen and oxygen atoms in total. The van der Waals surface area contributed by atoms with Crippen LogP contribution in [-0.2, 0) is 22.4 Å².